The first-order valence-corrected chi connectivity index (χ1v) is 10.0. The van der Waals surface area contributed by atoms with E-state index in [9.17, 15) is 4.79 Å². The van der Waals surface area contributed by atoms with Gasteiger partial charge in [-0.25, -0.2) is 9.97 Å². The van der Waals surface area contributed by atoms with E-state index in [0.29, 0.717) is 19.1 Å². The van der Waals surface area contributed by atoms with Crippen LogP contribution in [0.15, 0.2) is 30.3 Å². The van der Waals surface area contributed by atoms with Gasteiger partial charge in [0.1, 0.15) is 6.10 Å². The summed E-state index contributed by atoms with van der Waals surface area (Å²) in [5, 5.41) is 0. The van der Waals surface area contributed by atoms with Gasteiger partial charge in [-0.2, -0.15) is 0 Å². The topological polar surface area (TPSA) is 58.6 Å². The van der Waals surface area contributed by atoms with Crippen LogP contribution < -0.4 is 4.90 Å². The van der Waals surface area contributed by atoms with E-state index in [1.54, 1.807) is 0 Å². The van der Waals surface area contributed by atoms with Crippen molar-refractivity contribution in [2.45, 2.75) is 38.2 Å². The van der Waals surface area contributed by atoms with Gasteiger partial charge in [-0.1, -0.05) is 29.8 Å². The molecule has 2 aliphatic rings. The molecule has 6 nitrogen and oxygen atoms in total. The lowest BCUT2D eigenvalue weighted by atomic mass is 10.0. The molecule has 6 heteroatoms. The lowest BCUT2D eigenvalue weighted by Crippen LogP contribution is -2.37. The Hall–Kier alpha value is -2.47. The SMILES string of the molecule is Cc1ccc(-c2cc(C3CCN(C(=O)C4CCCO4)C3)nc(N(C)C)n2)cc1. The fraction of sp³-hybridized carbons (Fsp3) is 0.500. The Bertz CT molecular complexity index is 844. The standard InChI is InChI=1S/C22H28N4O2/c1-15-6-8-16(9-7-15)18-13-19(24-22(23-18)25(2)3)17-10-11-26(14-17)21(27)20-5-4-12-28-20/h6-9,13,17,20H,4-5,10-12,14H2,1-3H3. The van der Waals surface area contributed by atoms with Gasteiger partial charge in [0.25, 0.3) is 5.91 Å². The molecule has 1 aromatic carbocycles. The van der Waals surface area contributed by atoms with Gasteiger partial charge in [0, 0.05) is 45.3 Å². The van der Waals surface area contributed by atoms with Crippen molar-refractivity contribution in [1.29, 1.82) is 0 Å². The Morgan fingerprint density at radius 2 is 1.96 bits per heavy atom. The monoisotopic (exact) mass is 380 g/mol. The van der Waals surface area contributed by atoms with Crippen molar-refractivity contribution in [2.24, 2.45) is 0 Å². The quantitative estimate of drug-likeness (QED) is 0.816. The molecule has 0 spiro atoms. The number of likely N-dealkylation sites (tertiary alicyclic amines) is 1. The molecule has 3 heterocycles. The summed E-state index contributed by atoms with van der Waals surface area (Å²) in [6.45, 7) is 4.25. The van der Waals surface area contributed by atoms with E-state index in [-0.39, 0.29) is 17.9 Å². The van der Waals surface area contributed by atoms with Crippen LogP contribution in [0.4, 0.5) is 5.95 Å². The summed E-state index contributed by atoms with van der Waals surface area (Å²) in [5.74, 6) is 1.08. The first kappa shape index (κ1) is 18.9. The van der Waals surface area contributed by atoms with Gasteiger partial charge in [0.05, 0.1) is 11.4 Å². The predicted octanol–water partition coefficient (Wildman–Crippen LogP) is 3.01. The number of amides is 1. The minimum atomic E-state index is -0.246. The van der Waals surface area contributed by atoms with E-state index in [2.05, 4.69) is 37.3 Å². The van der Waals surface area contributed by atoms with Crippen LogP contribution in [0.1, 0.15) is 36.4 Å². The Balaban J connectivity index is 1.58. The van der Waals surface area contributed by atoms with Crippen LogP contribution in [-0.2, 0) is 9.53 Å². The van der Waals surface area contributed by atoms with Crippen molar-refractivity contribution in [3.05, 3.63) is 41.6 Å². The number of hydrogen-bond acceptors (Lipinski definition) is 5. The second kappa shape index (κ2) is 7.87. The van der Waals surface area contributed by atoms with Gasteiger partial charge < -0.3 is 14.5 Å². The zero-order valence-corrected chi connectivity index (χ0v) is 16.9. The van der Waals surface area contributed by atoms with Gasteiger partial charge in [-0.05, 0) is 32.3 Å². The number of carbonyl (C=O) groups excluding carboxylic acids is 1. The highest BCUT2D eigenvalue weighted by Gasteiger charge is 2.34. The maximum Gasteiger partial charge on any atom is 0.251 e. The maximum atomic E-state index is 12.7. The molecule has 2 atom stereocenters. The molecule has 0 bridgehead atoms. The van der Waals surface area contributed by atoms with E-state index < -0.39 is 0 Å². The lowest BCUT2D eigenvalue weighted by molar-refractivity contribution is -0.139. The van der Waals surface area contributed by atoms with Crippen molar-refractivity contribution in [1.82, 2.24) is 14.9 Å². The molecule has 2 fully saturated rings. The average Bonchev–Trinajstić information content (AvgIpc) is 3.40. The van der Waals surface area contributed by atoms with Crippen LogP contribution in [0.3, 0.4) is 0 Å². The van der Waals surface area contributed by atoms with Crippen molar-refractivity contribution in [2.75, 3.05) is 38.7 Å². The average molecular weight is 380 g/mol. The summed E-state index contributed by atoms with van der Waals surface area (Å²) in [7, 11) is 3.92. The molecule has 4 rings (SSSR count). The highest BCUT2D eigenvalue weighted by Crippen LogP contribution is 2.31. The zero-order valence-electron chi connectivity index (χ0n) is 16.9. The second-order valence-electron chi connectivity index (χ2n) is 8.01. The van der Waals surface area contributed by atoms with Crippen molar-refractivity contribution in [3.8, 4) is 11.3 Å². The molecule has 2 saturated heterocycles. The third-order valence-corrected chi connectivity index (χ3v) is 5.60. The summed E-state index contributed by atoms with van der Waals surface area (Å²) >= 11 is 0. The van der Waals surface area contributed by atoms with E-state index in [4.69, 9.17) is 14.7 Å². The predicted molar refractivity (Wildman–Crippen MR) is 109 cm³/mol. The highest BCUT2D eigenvalue weighted by atomic mass is 16.5. The van der Waals surface area contributed by atoms with Crippen LogP contribution in [0.5, 0.6) is 0 Å². The molecule has 0 radical (unpaired) electrons. The van der Waals surface area contributed by atoms with Crippen molar-refractivity contribution < 1.29 is 9.53 Å². The first-order valence-electron chi connectivity index (χ1n) is 10.0. The molecule has 1 amide bonds. The molecule has 28 heavy (non-hydrogen) atoms. The number of anilines is 1. The summed E-state index contributed by atoms with van der Waals surface area (Å²) in [4.78, 5) is 26.1. The second-order valence-corrected chi connectivity index (χ2v) is 8.01. The minimum Gasteiger partial charge on any atom is -0.368 e. The Morgan fingerprint density at radius 3 is 2.64 bits per heavy atom. The van der Waals surface area contributed by atoms with Gasteiger partial charge in [0.2, 0.25) is 5.95 Å². The van der Waals surface area contributed by atoms with Gasteiger partial charge >= 0.3 is 0 Å². The molecule has 0 aliphatic carbocycles. The lowest BCUT2D eigenvalue weighted by Gasteiger charge is -2.20. The molecule has 148 valence electrons. The summed E-state index contributed by atoms with van der Waals surface area (Å²) in [5.41, 5.74) is 4.25. The van der Waals surface area contributed by atoms with E-state index in [0.717, 1.165) is 42.8 Å². The smallest absolute Gasteiger partial charge is 0.251 e. The molecule has 2 unspecified atom stereocenters. The van der Waals surface area contributed by atoms with Crippen LogP contribution in [0, 0.1) is 6.92 Å². The number of rotatable bonds is 4. The van der Waals surface area contributed by atoms with Crippen LogP contribution in [0.2, 0.25) is 0 Å². The molecular weight excluding hydrogens is 352 g/mol. The molecule has 1 aromatic heterocycles. The molecule has 2 aliphatic heterocycles. The number of benzene rings is 1. The number of aromatic nitrogens is 2. The van der Waals surface area contributed by atoms with Crippen LogP contribution in [-0.4, -0.2) is 60.7 Å². The summed E-state index contributed by atoms with van der Waals surface area (Å²) in [6, 6.07) is 10.5. The summed E-state index contributed by atoms with van der Waals surface area (Å²) in [6.07, 6.45) is 2.50. The number of nitrogens with zero attached hydrogens (tertiary/aromatic N) is 4. The number of ether oxygens (including phenoxy) is 1. The Labute approximate surface area is 166 Å². The minimum absolute atomic E-state index is 0.139. The first-order chi connectivity index (χ1) is 13.5. The van der Waals surface area contributed by atoms with Crippen LogP contribution in [0.25, 0.3) is 11.3 Å². The van der Waals surface area contributed by atoms with Gasteiger partial charge in [-0.15, -0.1) is 0 Å². The number of hydrogen-bond donors (Lipinski definition) is 0. The fourth-order valence-electron chi connectivity index (χ4n) is 3.91. The molecule has 2 aromatic rings. The van der Waals surface area contributed by atoms with E-state index in [1.807, 2.05) is 23.9 Å². The summed E-state index contributed by atoms with van der Waals surface area (Å²) < 4.78 is 5.58. The van der Waals surface area contributed by atoms with Gasteiger partial charge in [0.15, 0.2) is 0 Å². The van der Waals surface area contributed by atoms with Crippen molar-refractivity contribution in [3.63, 3.8) is 0 Å². The number of carbonyl (C=O) groups is 1. The Kier molecular flexibility index (Phi) is 5.31. The highest BCUT2D eigenvalue weighted by molar-refractivity contribution is 5.81. The van der Waals surface area contributed by atoms with Gasteiger partial charge in [-0.3, -0.25) is 4.79 Å². The fourth-order valence-corrected chi connectivity index (χ4v) is 3.91. The largest absolute Gasteiger partial charge is 0.368 e. The zero-order chi connectivity index (χ0) is 19.7. The third kappa shape index (κ3) is 3.87. The van der Waals surface area contributed by atoms with Crippen molar-refractivity contribution >= 4 is 11.9 Å². The maximum absolute atomic E-state index is 12.7. The normalized spacial score (nSPS) is 21.9. The third-order valence-electron chi connectivity index (χ3n) is 5.60. The van der Waals surface area contributed by atoms with E-state index in [1.165, 1.54) is 5.56 Å². The molecule has 0 saturated carbocycles. The number of aryl methyl sites for hydroxylation is 1. The van der Waals surface area contributed by atoms with E-state index >= 15 is 0 Å². The molecular formula is C22H28N4O2. The Morgan fingerprint density at radius 1 is 1.18 bits per heavy atom. The molecule has 0 N–H and O–H groups in total. The van der Waals surface area contributed by atoms with Crippen LogP contribution >= 0.6 is 0 Å².